The Hall–Kier alpha value is -2.22. The van der Waals surface area contributed by atoms with Crippen LogP contribution in [-0.4, -0.2) is 4.98 Å². The molecule has 90 valence electrons. The third-order valence-electron chi connectivity index (χ3n) is 3.42. The summed E-state index contributed by atoms with van der Waals surface area (Å²) in [7, 11) is 0. The highest BCUT2D eigenvalue weighted by Gasteiger charge is 2.10. The molecule has 0 radical (unpaired) electrons. The zero-order chi connectivity index (χ0) is 12.7. The molecule has 0 saturated carbocycles. The number of benzene rings is 2. The van der Waals surface area contributed by atoms with E-state index in [1.807, 2.05) is 18.3 Å². The van der Waals surface area contributed by atoms with Crippen molar-refractivity contribution in [1.29, 1.82) is 0 Å². The van der Waals surface area contributed by atoms with Gasteiger partial charge in [0.1, 0.15) is 0 Å². The van der Waals surface area contributed by atoms with E-state index in [-0.39, 0.29) is 0 Å². The molecule has 2 aromatic carbocycles. The van der Waals surface area contributed by atoms with Crippen LogP contribution in [-0.2, 0) is 0 Å². The minimum Gasteiger partial charge on any atom is -0.398 e. The Bertz CT molecular complexity index is 723. The first-order valence-corrected chi connectivity index (χ1v) is 6.10. The number of nitrogens with two attached hydrogens (primary N) is 1. The maximum atomic E-state index is 6.14. The molecular weight excluding hydrogens is 220 g/mol. The molecule has 2 nitrogen and oxygen atoms in total. The maximum Gasteiger partial charge on any atom is 0.0460 e. The zero-order valence-electron chi connectivity index (χ0n) is 10.6. The van der Waals surface area contributed by atoms with Crippen LogP contribution in [0, 0.1) is 13.8 Å². The summed E-state index contributed by atoms with van der Waals surface area (Å²) >= 11 is 0. The van der Waals surface area contributed by atoms with Gasteiger partial charge in [0.05, 0.1) is 0 Å². The Morgan fingerprint density at radius 2 is 1.83 bits per heavy atom. The molecule has 0 aliphatic rings. The second kappa shape index (κ2) is 3.91. The highest BCUT2D eigenvalue weighted by molar-refractivity contribution is 5.99. The molecular formula is C16H16N2. The van der Waals surface area contributed by atoms with Gasteiger partial charge in [0.2, 0.25) is 0 Å². The summed E-state index contributed by atoms with van der Waals surface area (Å²) < 4.78 is 0. The Morgan fingerprint density at radius 1 is 1.00 bits per heavy atom. The molecule has 0 aliphatic heterocycles. The highest BCUT2D eigenvalue weighted by atomic mass is 14.7. The van der Waals surface area contributed by atoms with Crippen LogP contribution in [0.3, 0.4) is 0 Å². The van der Waals surface area contributed by atoms with E-state index in [2.05, 4.69) is 43.1 Å². The topological polar surface area (TPSA) is 41.8 Å². The molecule has 3 N–H and O–H groups in total. The summed E-state index contributed by atoms with van der Waals surface area (Å²) in [6.07, 6.45) is 1.97. The first kappa shape index (κ1) is 10.9. The van der Waals surface area contributed by atoms with Gasteiger partial charge in [-0.1, -0.05) is 17.7 Å². The van der Waals surface area contributed by atoms with Gasteiger partial charge in [0.15, 0.2) is 0 Å². The molecule has 0 spiro atoms. The predicted molar refractivity (Wildman–Crippen MR) is 77.6 cm³/mol. The van der Waals surface area contributed by atoms with Crippen LogP contribution in [0.4, 0.5) is 5.69 Å². The van der Waals surface area contributed by atoms with Crippen molar-refractivity contribution in [2.45, 2.75) is 13.8 Å². The Kier molecular flexibility index (Phi) is 2.37. The van der Waals surface area contributed by atoms with Crippen molar-refractivity contribution in [3.8, 4) is 11.1 Å². The van der Waals surface area contributed by atoms with E-state index >= 15 is 0 Å². The fourth-order valence-corrected chi connectivity index (χ4v) is 2.49. The van der Waals surface area contributed by atoms with Crippen molar-refractivity contribution in [3.05, 3.63) is 53.7 Å². The first-order chi connectivity index (χ1) is 8.66. The number of anilines is 1. The molecule has 1 aromatic heterocycles. The number of rotatable bonds is 1. The van der Waals surface area contributed by atoms with Gasteiger partial charge in [0, 0.05) is 28.4 Å². The normalized spacial score (nSPS) is 11.0. The third kappa shape index (κ3) is 1.58. The van der Waals surface area contributed by atoms with Gasteiger partial charge in [-0.3, -0.25) is 0 Å². The van der Waals surface area contributed by atoms with Crippen molar-refractivity contribution in [2.24, 2.45) is 0 Å². The van der Waals surface area contributed by atoms with Crippen molar-refractivity contribution in [2.75, 3.05) is 5.73 Å². The Labute approximate surface area is 106 Å². The van der Waals surface area contributed by atoms with Gasteiger partial charge in [-0.2, -0.15) is 0 Å². The molecule has 0 amide bonds. The van der Waals surface area contributed by atoms with Gasteiger partial charge in [-0.25, -0.2) is 0 Å². The van der Waals surface area contributed by atoms with E-state index < -0.39 is 0 Å². The molecule has 0 bridgehead atoms. The lowest BCUT2D eigenvalue weighted by Gasteiger charge is -2.11. The van der Waals surface area contributed by atoms with Crippen LogP contribution >= 0.6 is 0 Å². The SMILES string of the molecule is Cc1ccc(N)c(-c2c(C)ccc3[nH]ccc23)c1. The Morgan fingerprint density at radius 3 is 2.67 bits per heavy atom. The number of aromatic nitrogens is 1. The van der Waals surface area contributed by atoms with E-state index in [1.54, 1.807) is 0 Å². The zero-order valence-corrected chi connectivity index (χ0v) is 10.6. The number of H-pyrrole nitrogens is 1. The second-order valence-electron chi connectivity index (χ2n) is 4.79. The summed E-state index contributed by atoms with van der Waals surface area (Å²) in [4.78, 5) is 3.25. The maximum absolute atomic E-state index is 6.14. The van der Waals surface area contributed by atoms with E-state index in [1.165, 1.54) is 22.1 Å². The number of nitrogen functional groups attached to an aromatic ring is 1. The first-order valence-electron chi connectivity index (χ1n) is 6.10. The standard InChI is InChI=1S/C16H16N2/c1-10-3-5-14(17)13(9-10)16-11(2)4-6-15-12(16)7-8-18-15/h3-9,18H,17H2,1-2H3. The van der Waals surface area contributed by atoms with Crippen LogP contribution in [0.1, 0.15) is 11.1 Å². The number of hydrogen-bond donors (Lipinski definition) is 2. The van der Waals surface area contributed by atoms with Crippen LogP contribution in [0.2, 0.25) is 0 Å². The lowest BCUT2D eigenvalue weighted by Crippen LogP contribution is -1.93. The fourth-order valence-electron chi connectivity index (χ4n) is 2.49. The summed E-state index contributed by atoms with van der Waals surface area (Å²) in [5.74, 6) is 0. The predicted octanol–water partition coefficient (Wildman–Crippen LogP) is 4.03. The van der Waals surface area contributed by atoms with Crippen molar-refractivity contribution < 1.29 is 0 Å². The molecule has 0 atom stereocenters. The van der Waals surface area contributed by atoms with E-state index in [4.69, 9.17) is 5.73 Å². The molecule has 0 aliphatic carbocycles. The summed E-state index contributed by atoms with van der Waals surface area (Å²) in [5.41, 5.74) is 13.0. The van der Waals surface area contributed by atoms with Gasteiger partial charge < -0.3 is 10.7 Å². The van der Waals surface area contributed by atoms with Crippen molar-refractivity contribution in [3.63, 3.8) is 0 Å². The molecule has 1 heterocycles. The second-order valence-corrected chi connectivity index (χ2v) is 4.79. The van der Waals surface area contributed by atoms with Crippen molar-refractivity contribution in [1.82, 2.24) is 4.98 Å². The fraction of sp³-hybridized carbons (Fsp3) is 0.125. The molecule has 0 fully saturated rings. The molecule has 0 unspecified atom stereocenters. The molecule has 0 saturated heterocycles. The molecule has 18 heavy (non-hydrogen) atoms. The number of nitrogens with one attached hydrogen (secondary N) is 1. The summed E-state index contributed by atoms with van der Waals surface area (Å²) in [6, 6.07) is 12.5. The Balaban J connectivity index is 2.40. The quantitative estimate of drug-likeness (QED) is 0.615. The van der Waals surface area contributed by atoms with Crippen LogP contribution in [0.15, 0.2) is 42.6 Å². The van der Waals surface area contributed by atoms with E-state index in [9.17, 15) is 0 Å². The largest absolute Gasteiger partial charge is 0.398 e. The van der Waals surface area contributed by atoms with Crippen LogP contribution in [0.5, 0.6) is 0 Å². The molecule has 2 heteroatoms. The minimum atomic E-state index is 0.831. The van der Waals surface area contributed by atoms with Gasteiger partial charge in [0.25, 0.3) is 0 Å². The van der Waals surface area contributed by atoms with Gasteiger partial charge in [-0.05, 0) is 49.2 Å². The van der Waals surface area contributed by atoms with Crippen molar-refractivity contribution >= 4 is 16.6 Å². The highest BCUT2D eigenvalue weighted by Crippen LogP contribution is 2.35. The summed E-state index contributed by atoms with van der Waals surface area (Å²) in [5, 5.41) is 1.23. The minimum absolute atomic E-state index is 0.831. The monoisotopic (exact) mass is 236 g/mol. The number of fused-ring (bicyclic) bond motifs is 1. The van der Waals surface area contributed by atoms with Crippen LogP contribution < -0.4 is 5.73 Å². The number of hydrogen-bond acceptors (Lipinski definition) is 1. The molecule has 3 rings (SSSR count). The number of aryl methyl sites for hydroxylation is 2. The van der Waals surface area contributed by atoms with Crippen LogP contribution in [0.25, 0.3) is 22.0 Å². The van der Waals surface area contributed by atoms with Gasteiger partial charge >= 0.3 is 0 Å². The third-order valence-corrected chi connectivity index (χ3v) is 3.42. The number of aromatic amines is 1. The lowest BCUT2D eigenvalue weighted by molar-refractivity contribution is 1.43. The average molecular weight is 236 g/mol. The van der Waals surface area contributed by atoms with Gasteiger partial charge in [-0.15, -0.1) is 0 Å². The smallest absolute Gasteiger partial charge is 0.0460 e. The summed E-state index contributed by atoms with van der Waals surface area (Å²) in [6.45, 7) is 4.22. The van der Waals surface area contributed by atoms with E-state index in [0.717, 1.165) is 16.8 Å². The molecule has 3 aromatic rings. The lowest BCUT2D eigenvalue weighted by atomic mass is 9.94. The average Bonchev–Trinajstić information content (AvgIpc) is 2.81. The van der Waals surface area contributed by atoms with E-state index in [0.29, 0.717) is 0 Å².